The molecule has 1 aromatic heterocycles. The van der Waals surface area contributed by atoms with E-state index in [4.69, 9.17) is 5.73 Å². The molecule has 5 heteroatoms. The van der Waals surface area contributed by atoms with Gasteiger partial charge in [0.2, 0.25) is 0 Å². The van der Waals surface area contributed by atoms with Gasteiger partial charge < -0.3 is 15.7 Å². The van der Waals surface area contributed by atoms with Crippen LogP contribution in [0.1, 0.15) is 27.9 Å². The Morgan fingerprint density at radius 1 is 1.36 bits per heavy atom. The van der Waals surface area contributed by atoms with Crippen molar-refractivity contribution in [2.45, 2.75) is 19.9 Å². The maximum Gasteiger partial charge on any atom is 0.257 e. The van der Waals surface area contributed by atoms with Crippen LogP contribution < -0.4 is 5.73 Å². The van der Waals surface area contributed by atoms with E-state index in [2.05, 4.69) is 4.98 Å². The van der Waals surface area contributed by atoms with Crippen molar-refractivity contribution in [3.05, 3.63) is 59.4 Å². The average Bonchev–Trinajstić information content (AvgIpc) is 2.54. The number of benzene rings is 1. The van der Waals surface area contributed by atoms with Gasteiger partial charge in [0.1, 0.15) is 5.75 Å². The second-order valence-electron chi connectivity index (χ2n) is 5.25. The quantitative estimate of drug-likeness (QED) is 0.856. The van der Waals surface area contributed by atoms with E-state index in [0.29, 0.717) is 31.6 Å². The van der Waals surface area contributed by atoms with Gasteiger partial charge in [0.25, 0.3) is 5.91 Å². The number of hydrogen-bond donors (Lipinski definition) is 2. The van der Waals surface area contributed by atoms with Gasteiger partial charge in [-0.3, -0.25) is 9.78 Å². The van der Waals surface area contributed by atoms with Crippen molar-refractivity contribution < 1.29 is 9.90 Å². The molecular weight excluding hydrogens is 278 g/mol. The number of pyridine rings is 1. The van der Waals surface area contributed by atoms with Crippen molar-refractivity contribution in [2.24, 2.45) is 5.73 Å². The highest BCUT2D eigenvalue weighted by Crippen LogP contribution is 2.21. The molecule has 3 N–H and O–H groups in total. The van der Waals surface area contributed by atoms with Crippen LogP contribution in [-0.4, -0.2) is 34.0 Å². The molecule has 22 heavy (non-hydrogen) atoms. The molecule has 2 aromatic rings. The largest absolute Gasteiger partial charge is 0.507 e. The zero-order chi connectivity index (χ0) is 15.9. The number of carbonyl (C=O) groups excluding carboxylic acids is 1. The molecular formula is C17H21N3O2. The topological polar surface area (TPSA) is 79.5 Å². The fraction of sp³-hybridized carbons (Fsp3) is 0.294. The number of nitrogens with two attached hydrogens (primary N) is 1. The van der Waals surface area contributed by atoms with Crippen molar-refractivity contribution >= 4 is 5.91 Å². The first-order chi connectivity index (χ1) is 10.6. The van der Waals surface area contributed by atoms with Crippen LogP contribution in [0.25, 0.3) is 0 Å². The van der Waals surface area contributed by atoms with Gasteiger partial charge in [-0.2, -0.15) is 0 Å². The summed E-state index contributed by atoms with van der Waals surface area (Å²) in [4.78, 5) is 18.5. The van der Waals surface area contributed by atoms with Gasteiger partial charge in [-0.15, -0.1) is 0 Å². The summed E-state index contributed by atoms with van der Waals surface area (Å²) in [6.45, 7) is 3.38. The summed E-state index contributed by atoms with van der Waals surface area (Å²) in [6, 6.07) is 8.79. The van der Waals surface area contributed by atoms with Crippen LogP contribution in [0.3, 0.4) is 0 Å². The van der Waals surface area contributed by atoms with Crippen LogP contribution in [0.4, 0.5) is 0 Å². The Hall–Kier alpha value is -2.40. The predicted molar refractivity (Wildman–Crippen MR) is 85.5 cm³/mol. The van der Waals surface area contributed by atoms with E-state index in [1.54, 1.807) is 35.5 Å². The van der Waals surface area contributed by atoms with Crippen LogP contribution in [-0.2, 0) is 6.54 Å². The Morgan fingerprint density at radius 3 is 2.86 bits per heavy atom. The molecule has 0 aliphatic heterocycles. The molecule has 0 bridgehead atoms. The fourth-order valence-corrected chi connectivity index (χ4v) is 2.24. The second kappa shape index (κ2) is 7.56. The van der Waals surface area contributed by atoms with Gasteiger partial charge in [0, 0.05) is 25.5 Å². The molecule has 0 unspecified atom stereocenters. The number of aryl methyl sites for hydroxylation is 1. The molecule has 0 aliphatic carbocycles. The Labute approximate surface area is 130 Å². The number of phenolic OH excluding ortho intramolecular Hbond substituents is 1. The first kappa shape index (κ1) is 16.0. The highest BCUT2D eigenvalue weighted by molar-refractivity contribution is 5.97. The lowest BCUT2D eigenvalue weighted by molar-refractivity contribution is 0.0739. The lowest BCUT2D eigenvalue weighted by atomic mass is 10.1. The first-order valence-corrected chi connectivity index (χ1v) is 7.29. The third kappa shape index (κ3) is 4.05. The van der Waals surface area contributed by atoms with E-state index in [1.165, 1.54) is 0 Å². The number of hydrogen-bond acceptors (Lipinski definition) is 4. The number of phenols is 1. The predicted octanol–water partition coefficient (Wildman–Crippen LogP) is 2.09. The number of nitrogens with zero attached hydrogens (tertiary/aromatic N) is 2. The Morgan fingerprint density at radius 2 is 2.18 bits per heavy atom. The molecule has 5 nitrogen and oxygen atoms in total. The number of aromatic hydroxyl groups is 1. The van der Waals surface area contributed by atoms with Crippen LogP contribution >= 0.6 is 0 Å². The summed E-state index contributed by atoms with van der Waals surface area (Å²) in [5.41, 5.74) is 7.76. The van der Waals surface area contributed by atoms with Crippen molar-refractivity contribution in [2.75, 3.05) is 13.1 Å². The molecule has 0 spiro atoms. The summed E-state index contributed by atoms with van der Waals surface area (Å²) >= 11 is 0. The monoisotopic (exact) mass is 299 g/mol. The molecule has 0 saturated carbocycles. The van der Waals surface area contributed by atoms with Gasteiger partial charge in [-0.1, -0.05) is 17.7 Å². The maximum absolute atomic E-state index is 12.7. The number of rotatable bonds is 6. The molecule has 0 saturated heterocycles. The van der Waals surface area contributed by atoms with Gasteiger partial charge in [-0.05, 0) is 43.7 Å². The van der Waals surface area contributed by atoms with Gasteiger partial charge in [0.15, 0.2) is 0 Å². The van der Waals surface area contributed by atoms with Crippen molar-refractivity contribution in [3.63, 3.8) is 0 Å². The fourth-order valence-electron chi connectivity index (χ4n) is 2.24. The standard InChI is InChI=1S/C17H21N3O2/c1-13-5-6-16(21)15(10-13)17(22)20(9-3-7-18)12-14-4-2-8-19-11-14/h2,4-6,8,10-11,21H,3,7,9,12,18H2,1H3. The third-order valence-corrected chi connectivity index (χ3v) is 3.40. The van der Waals surface area contributed by atoms with Crippen LogP contribution in [0.5, 0.6) is 5.75 Å². The van der Waals surface area contributed by atoms with Gasteiger partial charge in [-0.25, -0.2) is 0 Å². The molecule has 2 rings (SSSR count). The maximum atomic E-state index is 12.7. The minimum atomic E-state index is -0.196. The normalized spacial score (nSPS) is 10.5. The summed E-state index contributed by atoms with van der Waals surface area (Å²) < 4.78 is 0. The van der Waals surface area contributed by atoms with Crippen molar-refractivity contribution in [1.82, 2.24) is 9.88 Å². The van der Waals surface area contributed by atoms with E-state index >= 15 is 0 Å². The van der Waals surface area contributed by atoms with E-state index < -0.39 is 0 Å². The Kier molecular flexibility index (Phi) is 5.49. The SMILES string of the molecule is Cc1ccc(O)c(C(=O)N(CCCN)Cc2cccnc2)c1. The molecule has 0 radical (unpaired) electrons. The van der Waals surface area contributed by atoms with Crippen LogP contribution in [0, 0.1) is 6.92 Å². The summed E-state index contributed by atoms with van der Waals surface area (Å²) in [7, 11) is 0. The highest BCUT2D eigenvalue weighted by atomic mass is 16.3. The molecule has 116 valence electrons. The lowest BCUT2D eigenvalue weighted by Crippen LogP contribution is -2.32. The number of aromatic nitrogens is 1. The first-order valence-electron chi connectivity index (χ1n) is 7.29. The van der Waals surface area contributed by atoms with Crippen LogP contribution in [0.2, 0.25) is 0 Å². The molecule has 1 heterocycles. The molecule has 1 amide bonds. The van der Waals surface area contributed by atoms with E-state index in [-0.39, 0.29) is 11.7 Å². The van der Waals surface area contributed by atoms with Crippen LogP contribution in [0.15, 0.2) is 42.7 Å². The zero-order valence-corrected chi connectivity index (χ0v) is 12.7. The number of carbonyl (C=O) groups is 1. The molecule has 0 aliphatic rings. The zero-order valence-electron chi connectivity index (χ0n) is 12.7. The summed E-state index contributed by atoms with van der Waals surface area (Å²) in [6.07, 6.45) is 4.14. The van der Waals surface area contributed by atoms with Crippen molar-refractivity contribution in [1.29, 1.82) is 0 Å². The molecule has 0 atom stereocenters. The van der Waals surface area contributed by atoms with Gasteiger partial charge >= 0.3 is 0 Å². The Bertz CT molecular complexity index is 629. The third-order valence-electron chi connectivity index (χ3n) is 3.40. The van der Waals surface area contributed by atoms with Crippen molar-refractivity contribution in [3.8, 4) is 5.75 Å². The summed E-state index contributed by atoms with van der Waals surface area (Å²) in [5, 5.41) is 9.96. The van der Waals surface area contributed by atoms with E-state index in [9.17, 15) is 9.90 Å². The lowest BCUT2D eigenvalue weighted by Gasteiger charge is -2.23. The highest BCUT2D eigenvalue weighted by Gasteiger charge is 2.19. The smallest absolute Gasteiger partial charge is 0.257 e. The average molecular weight is 299 g/mol. The second-order valence-corrected chi connectivity index (χ2v) is 5.25. The molecule has 1 aromatic carbocycles. The Balaban J connectivity index is 2.24. The molecule has 0 fully saturated rings. The van der Waals surface area contributed by atoms with E-state index in [0.717, 1.165) is 11.1 Å². The summed E-state index contributed by atoms with van der Waals surface area (Å²) in [5.74, 6) is -0.196. The van der Waals surface area contributed by atoms with Gasteiger partial charge in [0.05, 0.1) is 5.56 Å². The minimum absolute atomic E-state index is 0.000430. The van der Waals surface area contributed by atoms with E-state index in [1.807, 2.05) is 19.1 Å². The minimum Gasteiger partial charge on any atom is -0.507 e. The number of amides is 1.